The number of hydrogen-bond acceptors (Lipinski definition) is 5. The van der Waals surface area contributed by atoms with E-state index in [0.29, 0.717) is 17.9 Å². The first-order valence-corrected chi connectivity index (χ1v) is 7.17. The molecule has 2 N–H and O–H groups in total. The molecular formula is C14H26N4O. The van der Waals surface area contributed by atoms with Crippen LogP contribution in [0.3, 0.4) is 0 Å². The van der Waals surface area contributed by atoms with E-state index in [0.717, 1.165) is 25.5 Å². The van der Waals surface area contributed by atoms with Gasteiger partial charge in [0.05, 0.1) is 6.54 Å². The van der Waals surface area contributed by atoms with Crippen LogP contribution in [0.5, 0.6) is 0 Å². The molecule has 1 aliphatic heterocycles. The third-order valence-corrected chi connectivity index (χ3v) is 3.89. The summed E-state index contributed by atoms with van der Waals surface area (Å²) in [5, 5.41) is 8.32. The average Bonchev–Trinajstić information content (AvgIpc) is 2.80. The molecule has 2 unspecified atom stereocenters. The molecular weight excluding hydrogens is 240 g/mol. The summed E-state index contributed by atoms with van der Waals surface area (Å²) in [6, 6.07) is 0.563. The molecule has 2 heterocycles. The molecule has 5 heteroatoms. The highest BCUT2D eigenvalue weighted by Gasteiger charge is 2.27. The third-order valence-electron chi connectivity index (χ3n) is 3.89. The zero-order valence-corrected chi connectivity index (χ0v) is 12.5. The zero-order valence-electron chi connectivity index (χ0n) is 12.5. The molecule has 1 aromatic heterocycles. The SMILES string of the molecule is CC1CCC(CN)CN1Cc1nnc(C(C)(C)C)o1. The Morgan fingerprint density at radius 2 is 2.05 bits per heavy atom. The van der Waals surface area contributed by atoms with Gasteiger partial charge in [-0.3, -0.25) is 4.90 Å². The van der Waals surface area contributed by atoms with Crippen molar-refractivity contribution in [2.75, 3.05) is 13.1 Å². The second kappa shape index (κ2) is 5.59. The van der Waals surface area contributed by atoms with Gasteiger partial charge in [-0.25, -0.2) is 0 Å². The molecule has 1 aromatic rings. The number of nitrogens with zero attached hydrogens (tertiary/aromatic N) is 3. The number of hydrogen-bond donors (Lipinski definition) is 1. The normalized spacial score (nSPS) is 25.7. The van der Waals surface area contributed by atoms with Crippen LogP contribution in [0.15, 0.2) is 4.42 Å². The van der Waals surface area contributed by atoms with Crippen molar-refractivity contribution in [3.8, 4) is 0 Å². The van der Waals surface area contributed by atoms with Crippen molar-refractivity contribution in [1.29, 1.82) is 0 Å². The second-order valence-corrected chi connectivity index (χ2v) is 6.71. The first-order chi connectivity index (χ1) is 8.90. The van der Waals surface area contributed by atoms with Gasteiger partial charge in [0.2, 0.25) is 11.8 Å². The van der Waals surface area contributed by atoms with Crippen LogP contribution in [0.2, 0.25) is 0 Å². The standard InChI is InChI=1S/C14H26N4O/c1-10-5-6-11(7-15)8-18(10)9-12-16-17-13(19-12)14(2,3)4/h10-11H,5-9,15H2,1-4H3. The van der Waals surface area contributed by atoms with E-state index in [1.807, 2.05) is 0 Å². The Kier molecular flexibility index (Phi) is 4.26. The molecule has 0 amide bonds. The smallest absolute Gasteiger partial charge is 0.230 e. The van der Waals surface area contributed by atoms with Crippen molar-refractivity contribution in [2.24, 2.45) is 11.7 Å². The largest absolute Gasteiger partial charge is 0.423 e. The van der Waals surface area contributed by atoms with Crippen molar-refractivity contribution in [3.05, 3.63) is 11.8 Å². The molecule has 19 heavy (non-hydrogen) atoms. The summed E-state index contributed by atoms with van der Waals surface area (Å²) < 4.78 is 5.77. The topological polar surface area (TPSA) is 68.2 Å². The summed E-state index contributed by atoms with van der Waals surface area (Å²) in [6.45, 7) is 11.0. The maximum atomic E-state index is 5.79. The van der Waals surface area contributed by atoms with Gasteiger partial charge >= 0.3 is 0 Å². The molecule has 0 spiro atoms. The lowest BCUT2D eigenvalue weighted by atomic mass is 9.93. The van der Waals surface area contributed by atoms with E-state index < -0.39 is 0 Å². The van der Waals surface area contributed by atoms with Crippen LogP contribution in [0, 0.1) is 5.92 Å². The Hall–Kier alpha value is -0.940. The molecule has 1 aliphatic rings. The predicted molar refractivity (Wildman–Crippen MR) is 74.6 cm³/mol. The zero-order chi connectivity index (χ0) is 14.0. The fraction of sp³-hybridized carbons (Fsp3) is 0.857. The molecule has 0 bridgehead atoms. The minimum Gasteiger partial charge on any atom is -0.423 e. The van der Waals surface area contributed by atoms with Gasteiger partial charge < -0.3 is 10.2 Å². The molecule has 2 atom stereocenters. The van der Waals surface area contributed by atoms with Crippen LogP contribution >= 0.6 is 0 Å². The monoisotopic (exact) mass is 266 g/mol. The maximum absolute atomic E-state index is 5.79. The quantitative estimate of drug-likeness (QED) is 0.905. The van der Waals surface area contributed by atoms with E-state index >= 15 is 0 Å². The molecule has 5 nitrogen and oxygen atoms in total. The van der Waals surface area contributed by atoms with Gasteiger partial charge in [0, 0.05) is 18.0 Å². The van der Waals surface area contributed by atoms with Gasteiger partial charge in [-0.15, -0.1) is 10.2 Å². The van der Waals surface area contributed by atoms with E-state index in [4.69, 9.17) is 10.2 Å². The van der Waals surface area contributed by atoms with Gasteiger partial charge in [0.1, 0.15) is 0 Å². The van der Waals surface area contributed by atoms with E-state index in [-0.39, 0.29) is 5.41 Å². The summed E-state index contributed by atoms with van der Waals surface area (Å²) in [4.78, 5) is 2.40. The predicted octanol–water partition coefficient (Wildman–Crippen LogP) is 1.93. The minimum atomic E-state index is -0.0848. The molecule has 2 rings (SSSR count). The number of likely N-dealkylation sites (tertiary alicyclic amines) is 1. The third kappa shape index (κ3) is 3.54. The summed E-state index contributed by atoms with van der Waals surface area (Å²) in [5.41, 5.74) is 5.70. The van der Waals surface area contributed by atoms with E-state index in [9.17, 15) is 0 Å². The Bertz CT molecular complexity index is 410. The Morgan fingerprint density at radius 3 is 2.63 bits per heavy atom. The number of nitrogens with two attached hydrogens (primary N) is 1. The van der Waals surface area contributed by atoms with Gasteiger partial charge in [-0.2, -0.15) is 0 Å². The highest BCUT2D eigenvalue weighted by Crippen LogP contribution is 2.24. The van der Waals surface area contributed by atoms with Crippen LogP contribution in [0.1, 0.15) is 52.3 Å². The Balaban J connectivity index is 2.01. The minimum absolute atomic E-state index is 0.0848. The molecule has 1 fully saturated rings. The van der Waals surface area contributed by atoms with Gasteiger partial charge in [-0.1, -0.05) is 20.8 Å². The van der Waals surface area contributed by atoms with E-state index in [1.165, 1.54) is 12.8 Å². The van der Waals surface area contributed by atoms with E-state index in [1.54, 1.807) is 0 Å². The lowest BCUT2D eigenvalue weighted by Crippen LogP contribution is -2.43. The molecule has 1 saturated heterocycles. The molecule has 0 saturated carbocycles. The fourth-order valence-electron chi connectivity index (χ4n) is 2.47. The van der Waals surface area contributed by atoms with Gasteiger partial charge in [-0.05, 0) is 32.2 Å². The fourth-order valence-corrected chi connectivity index (χ4v) is 2.47. The molecule has 108 valence electrons. The van der Waals surface area contributed by atoms with Gasteiger partial charge in [0.15, 0.2) is 0 Å². The number of piperidine rings is 1. The van der Waals surface area contributed by atoms with Crippen LogP contribution in [0.4, 0.5) is 0 Å². The van der Waals surface area contributed by atoms with Crippen LogP contribution in [0.25, 0.3) is 0 Å². The van der Waals surface area contributed by atoms with Crippen molar-refractivity contribution in [2.45, 2.75) is 58.5 Å². The van der Waals surface area contributed by atoms with Crippen molar-refractivity contribution < 1.29 is 4.42 Å². The Morgan fingerprint density at radius 1 is 1.32 bits per heavy atom. The Labute approximate surface area is 115 Å². The maximum Gasteiger partial charge on any atom is 0.230 e. The molecule has 0 aliphatic carbocycles. The van der Waals surface area contributed by atoms with Crippen molar-refractivity contribution >= 4 is 0 Å². The number of rotatable bonds is 3. The summed E-state index contributed by atoms with van der Waals surface area (Å²) in [6.07, 6.45) is 2.42. The number of aromatic nitrogens is 2. The van der Waals surface area contributed by atoms with Crippen LogP contribution in [-0.4, -0.2) is 34.2 Å². The lowest BCUT2D eigenvalue weighted by molar-refractivity contribution is 0.102. The van der Waals surface area contributed by atoms with Crippen molar-refractivity contribution in [3.63, 3.8) is 0 Å². The van der Waals surface area contributed by atoms with Gasteiger partial charge in [0.25, 0.3) is 0 Å². The van der Waals surface area contributed by atoms with Crippen LogP contribution in [-0.2, 0) is 12.0 Å². The highest BCUT2D eigenvalue weighted by atomic mass is 16.4. The van der Waals surface area contributed by atoms with Crippen molar-refractivity contribution in [1.82, 2.24) is 15.1 Å². The summed E-state index contributed by atoms with van der Waals surface area (Å²) in [7, 11) is 0. The molecule has 0 aromatic carbocycles. The summed E-state index contributed by atoms with van der Waals surface area (Å²) >= 11 is 0. The summed E-state index contributed by atoms with van der Waals surface area (Å²) in [5.74, 6) is 2.03. The first kappa shape index (κ1) is 14.5. The first-order valence-electron chi connectivity index (χ1n) is 7.17. The van der Waals surface area contributed by atoms with Crippen LogP contribution < -0.4 is 5.73 Å². The second-order valence-electron chi connectivity index (χ2n) is 6.71. The lowest BCUT2D eigenvalue weighted by Gasteiger charge is -2.36. The average molecular weight is 266 g/mol. The highest BCUT2D eigenvalue weighted by molar-refractivity contribution is 4.96. The molecule has 0 radical (unpaired) electrons. The van der Waals surface area contributed by atoms with E-state index in [2.05, 4.69) is 42.8 Å².